The minimum absolute atomic E-state index is 0.172. The molecule has 174 valence electrons. The Hall–Kier alpha value is -3.13. The second kappa shape index (κ2) is 11.7. The smallest absolute Gasteiger partial charge is 0.326 e. The van der Waals surface area contributed by atoms with Crippen LogP contribution >= 0.6 is 11.8 Å². The second-order valence-corrected chi connectivity index (χ2v) is 9.13. The van der Waals surface area contributed by atoms with Crippen molar-refractivity contribution in [3.8, 4) is 0 Å². The number of aryl methyl sites for hydroxylation is 1. The predicted octanol–water partition coefficient (Wildman–Crippen LogP) is 2.90. The molecule has 7 nitrogen and oxygen atoms in total. The fourth-order valence-corrected chi connectivity index (χ4v) is 4.68. The van der Waals surface area contributed by atoms with Gasteiger partial charge in [0.25, 0.3) is 0 Å². The number of carbonyl (C=O) groups excluding carboxylic acids is 4. The molecule has 2 atom stereocenters. The van der Waals surface area contributed by atoms with Crippen LogP contribution in [0.3, 0.4) is 0 Å². The molecule has 1 unspecified atom stereocenters. The quantitative estimate of drug-likeness (QED) is 0.599. The van der Waals surface area contributed by atoms with Crippen LogP contribution in [0.15, 0.2) is 54.6 Å². The van der Waals surface area contributed by atoms with Crippen LogP contribution in [0.25, 0.3) is 0 Å². The number of hydrogen-bond acceptors (Lipinski definition) is 6. The molecule has 0 saturated carbocycles. The van der Waals surface area contributed by atoms with Gasteiger partial charge in [0, 0.05) is 12.6 Å². The molecule has 0 spiro atoms. The second-order valence-electron chi connectivity index (χ2n) is 7.75. The summed E-state index contributed by atoms with van der Waals surface area (Å²) in [5.74, 6) is -1.26. The molecule has 2 aromatic carbocycles. The van der Waals surface area contributed by atoms with E-state index >= 15 is 0 Å². The number of para-hydroxylation sites is 1. The Bertz CT molecular complexity index is 1010. The first kappa shape index (κ1) is 24.5. The Balaban J connectivity index is 1.80. The number of esters is 1. The van der Waals surface area contributed by atoms with E-state index in [0.717, 1.165) is 22.9 Å². The molecule has 1 heterocycles. The molecule has 0 aromatic heterocycles. The van der Waals surface area contributed by atoms with Gasteiger partial charge in [0.1, 0.15) is 12.6 Å². The lowest BCUT2D eigenvalue weighted by atomic mass is 10.1. The maximum absolute atomic E-state index is 13.4. The summed E-state index contributed by atoms with van der Waals surface area (Å²) in [6, 6.07) is 16.0. The van der Waals surface area contributed by atoms with E-state index in [0.29, 0.717) is 24.9 Å². The van der Waals surface area contributed by atoms with Crippen molar-refractivity contribution in [1.82, 2.24) is 5.32 Å². The number of amides is 2. The Kier molecular flexibility index (Phi) is 8.65. The number of rotatable bonds is 8. The van der Waals surface area contributed by atoms with Crippen molar-refractivity contribution in [2.75, 3.05) is 18.1 Å². The highest BCUT2D eigenvalue weighted by atomic mass is 32.2. The standard InChI is InChI=1S/C25H28N2O5S/c1-3-32-23(29)16-27-21-12-8-7-11-19(21)13-14-20(25(27)31)26-24(30)22(33-17(2)28)15-18-9-5-4-6-10-18/h4-12,20,22H,3,13-16H2,1-2H3,(H,26,30)/t20?,22-/m0/s1. The number of nitrogens with zero attached hydrogens (tertiary/aromatic N) is 1. The highest BCUT2D eigenvalue weighted by Gasteiger charge is 2.34. The minimum Gasteiger partial charge on any atom is -0.465 e. The molecule has 1 aliphatic heterocycles. The number of ether oxygens (including phenoxy) is 1. The highest BCUT2D eigenvalue weighted by Crippen LogP contribution is 2.27. The van der Waals surface area contributed by atoms with Gasteiger partial charge in [-0.25, -0.2) is 0 Å². The first-order chi connectivity index (χ1) is 15.9. The Morgan fingerprint density at radius 2 is 1.82 bits per heavy atom. The van der Waals surface area contributed by atoms with E-state index in [9.17, 15) is 19.2 Å². The van der Waals surface area contributed by atoms with Crippen LogP contribution in [0.4, 0.5) is 5.69 Å². The summed E-state index contributed by atoms with van der Waals surface area (Å²) in [4.78, 5) is 52.0. The van der Waals surface area contributed by atoms with Crippen LogP contribution in [0, 0.1) is 0 Å². The zero-order valence-corrected chi connectivity index (χ0v) is 19.6. The van der Waals surface area contributed by atoms with Gasteiger partial charge in [-0.15, -0.1) is 0 Å². The fourth-order valence-electron chi connectivity index (χ4n) is 3.83. The number of benzene rings is 2. The maximum Gasteiger partial charge on any atom is 0.326 e. The molecule has 0 radical (unpaired) electrons. The largest absolute Gasteiger partial charge is 0.465 e. The van der Waals surface area contributed by atoms with Gasteiger partial charge in [0.05, 0.1) is 11.9 Å². The van der Waals surface area contributed by atoms with E-state index in [1.165, 1.54) is 11.8 Å². The monoisotopic (exact) mass is 468 g/mol. The summed E-state index contributed by atoms with van der Waals surface area (Å²) >= 11 is 0.953. The third-order valence-electron chi connectivity index (χ3n) is 5.32. The van der Waals surface area contributed by atoms with Gasteiger partial charge in [-0.1, -0.05) is 60.3 Å². The molecule has 1 aliphatic rings. The van der Waals surface area contributed by atoms with Crippen LogP contribution in [-0.2, 0) is 36.8 Å². The number of thioether (sulfide) groups is 1. The predicted molar refractivity (Wildman–Crippen MR) is 128 cm³/mol. The lowest BCUT2D eigenvalue weighted by molar-refractivity contribution is -0.142. The van der Waals surface area contributed by atoms with E-state index in [1.54, 1.807) is 13.0 Å². The normalized spacial score (nSPS) is 16.4. The first-order valence-electron chi connectivity index (χ1n) is 11.0. The number of hydrogen-bond donors (Lipinski definition) is 1. The summed E-state index contributed by atoms with van der Waals surface area (Å²) < 4.78 is 5.05. The Labute approximate surface area is 197 Å². The molecule has 33 heavy (non-hydrogen) atoms. The molecular formula is C25H28N2O5S. The van der Waals surface area contributed by atoms with Crippen LogP contribution < -0.4 is 10.2 Å². The number of carbonyl (C=O) groups is 4. The lowest BCUT2D eigenvalue weighted by Crippen LogP contribution is -2.51. The van der Waals surface area contributed by atoms with Crippen molar-refractivity contribution >= 4 is 40.3 Å². The van der Waals surface area contributed by atoms with Crippen molar-refractivity contribution in [2.45, 2.75) is 44.4 Å². The minimum atomic E-state index is -0.815. The van der Waals surface area contributed by atoms with Gasteiger partial charge in [-0.2, -0.15) is 0 Å². The van der Waals surface area contributed by atoms with Crippen molar-refractivity contribution in [2.24, 2.45) is 0 Å². The van der Waals surface area contributed by atoms with Crippen LogP contribution in [0.1, 0.15) is 31.4 Å². The molecule has 2 aromatic rings. The fraction of sp³-hybridized carbons (Fsp3) is 0.360. The molecule has 0 saturated heterocycles. The molecule has 0 fully saturated rings. The van der Waals surface area contributed by atoms with Crippen molar-refractivity contribution in [3.05, 3.63) is 65.7 Å². The van der Waals surface area contributed by atoms with Gasteiger partial charge in [-0.3, -0.25) is 24.1 Å². The van der Waals surface area contributed by atoms with Crippen molar-refractivity contribution in [3.63, 3.8) is 0 Å². The van der Waals surface area contributed by atoms with Gasteiger partial charge >= 0.3 is 5.97 Å². The van der Waals surface area contributed by atoms with E-state index < -0.39 is 17.3 Å². The summed E-state index contributed by atoms with van der Waals surface area (Å²) in [7, 11) is 0. The Morgan fingerprint density at radius 3 is 2.52 bits per heavy atom. The molecule has 8 heteroatoms. The zero-order valence-electron chi connectivity index (χ0n) is 18.8. The number of nitrogens with one attached hydrogen (secondary N) is 1. The summed E-state index contributed by atoms with van der Waals surface area (Å²) in [6.45, 7) is 3.11. The van der Waals surface area contributed by atoms with Crippen molar-refractivity contribution in [1.29, 1.82) is 0 Å². The summed E-state index contributed by atoms with van der Waals surface area (Å²) in [5.41, 5.74) is 2.49. The summed E-state index contributed by atoms with van der Waals surface area (Å²) in [5, 5.41) is 2.01. The molecule has 3 rings (SSSR count). The molecule has 0 aliphatic carbocycles. The van der Waals surface area contributed by atoms with Crippen LogP contribution in [0.5, 0.6) is 0 Å². The third kappa shape index (κ3) is 6.68. The van der Waals surface area contributed by atoms with E-state index in [2.05, 4.69) is 5.32 Å². The lowest BCUT2D eigenvalue weighted by Gasteiger charge is -2.26. The molecule has 0 bridgehead atoms. The van der Waals surface area contributed by atoms with Gasteiger partial charge in [0.2, 0.25) is 11.8 Å². The maximum atomic E-state index is 13.4. The topological polar surface area (TPSA) is 92.8 Å². The zero-order chi connectivity index (χ0) is 23.8. The van der Waals surface area contributed by atoms with E-state index in [1.807, 2.05) is 48.5 Å². The van der Waals surface area contributed by atoms with Crippen LogP contribution in [0.2, 0.25) is 0 Å². The van der Waals surface area contributed by atoms with Gasteiger partial charge in [0.15, 0.2) is 5.12 Å². The van der Waals surface area contributed by atoms with E-state index in [-0.39, 0.29) is 30.1 Å². The number of fused-ring (bicyclic) bond motifs is 1. The highest BCUT2D eigenvalue weighted by molar-refractivity contribution is 8.14. The molecule has 2 amide bonds. The third-order valence-corrected chi connectivity index (χ3v) is 6.32. The Morgan fingerprint density at radius 1 is 1.12 bits per heavy atom. The summed E-state index contributed by atoms with van der Waals surface area (Å²) in [6.07, 6.45) is 1.32. The van der Waals surface area contributed by atoms with Gasteiger partial charge < -0.3 is 10.1 Å². The van der Waals surface area contributed by atoms with Crippen molar-refractivity contribution < 1.29 is 23.9 Å². The van der Waals surface area contributed by atoms with Crippen LogP contribution in [-0.4, -0.2) is 47.3 Å². The molecular weight excluding hydrogens is 440 g/mol. The SMILES string of the molecule is CCOC(=O)CN1C(=O)C(NC(=O)[C@H](Cc2ccccc2)SC(C)=O)CCc2ccccc21. The average Bonchev–Trinajstić information content (AvgIpc) is 2.91. The number of anilines is 1. The first-order valence-corrected chi connectivity index (χ1v) is 11.8. The van der Waals surface area contributed by atoms with E-state index in [4.69, 9.17) is 4.74 Å². The molecule has 1 N–H and O–H groups in total. The average molecular weight is 469 g/mol. The van der Waals surface area contributed by atoms with Gasteiger partial charge in [-0.05, 0) is 43.4 Å².